The maximum absolute atomic E-state index is 13.2. The van der Waals surface area contributed by atoms with Crippen LogP contribution >= 0.6 is 23.3 Å². The number of carboxylic acid groups (broad SMARTS) is 2. The fraction of sp³-hybridized carbons (Fsp3) is 0.435. The number of aromatic nitrogens is 4. The standard InChI is InChI=1S/C23H29N11O8S2/c1-23(2,21(40)41)42-30-12(16-29-22(26)44-31-16)17(36)28-13-18(37)34-14(20(38)39)9(8-43-19(13)34)6-33-7-10(15(25)32(33)3)27-11(35)4-5-24/h7,13,19,25H,4-6,8,24H2,1-3H3,(H6,26,27,28,29,31,35,36,38,39,40,41)/p+1/b30-12-/t13-,19-/m1/s1. The van der Waals surface area contributed by atoms with Gasteiger partial charge in [-0.05, 0) is 13.8 Å². The van der Waals surface area contributed by atoms with Crippen molar-refractivity contribution in [3.8, 4) is 0 Å². The van der Waals surface area contributed by atoms with E-state index in [0.29, 0.717) is 11.3 Å². The number of nitrogens with one attached hydrogen (secondary N) is 2. The molecule has 21 heteroatoms. The van der Waals surface area contributed by atoms with Crippen LogP contribution in [0.2, 0.25) is 0 Å². The summed E-state index contributed by atoms with van der Waals surface area (Å²) in [5, 5.41) is 27.4. The number of carboxylic acids is 2. The van der Waals surface area contributed by atoms with Crippen LogP contribution in [0.15, 0.2) is 22.6 Å². The Morgan fingerprint density at radius 3 is 2.57 bits per heavy atom. The number of oxime groups is 1. The van der Waals surface area contributed by atoms with Gasteiger partial charge in [-0.2, -0.15) is 9.36 Å². The lowest BCUT2D eigenvalue weighted by molar-refractivity contribution is -0.765. The first kappa shape index (κ1) is 32.2. The number of β-lactam (4-membered cyclic amide) rings is 1. The van der Waals surface area contributed by atoms with E-state index in [-0.39, 0.29) is 53.6 Å². The first-order valence-corrected chi connectivity index (χ1v) is 14.6. The van der Waals surface area contributed by atoms with Gasteiger partial charge in [-0.3, -0.25) is 19.3 Å². The predicted octanol–water partition coefficient (Wildman–Crippen LogP) is -2.36. The maximum atomic E-state index is 13.2. The van der Waals surface area contributed by atoms with E-state index in [9.17, 15) is 34.2 Å². The van der Waals surface area contributed by atoms with Crippen molar-refractivity contribution in [2.24, 2.45) is 17.9 Å². The summed E-state index contributed by atoms with van der Waals surface area (Å²) < 4.78 is 7.03. The van der Waals surface area contributed by atoms with Gasteiger partial charge in [0.2, 0.25) is 29.2 Å². The minimum absolute atomic E-state index is 0.00148. The number of anilines is 3. The van der Waals surface area contributed by atoms with Crippen LogP contribution in [-0.2, 0) is 42.4 Å². The molecule has 1 fully saturated rings. The lowest BCUT2D eigenvalue weighted by Gasteiger charge is -2.49. The fourth-order valence-electron chi connectivity index (χ4n) is 4.13. The number of fused-ring (bicyclic) bond motifs is 1. The molecule has 0 spiro atoms. The van der Waals surface area contributed by atoms with E-state index < -0.39 is 46.5 Å². The Hall–Kier alpha value is -4.76. The second kappa shape index (κ2) is 12.5. The predicted molar refractivity (Wildman–Crippen MR) is 156 cm³/mol. The van der Waals surface area contributed by atoms with Gasteiger partial charge in [-0.15, -0.1) is 21.1 Å². The summed E-state index contributed by atoms with van der Waals surface area (Å²) in [6, 6.07) is -1.15. The number of carbonyl (C=O) groups excluding carboxylic acids is 3. The highest BCUT2D eigenvalue weighted by Gasteiger charge is 2.55. The van der Waals surface area contributed by atoms with Crippen molar-refractivity contribution in [2.75, 3.05) is 29.1 Å². The van der Waals surface area contributed by atoms with Gasteiger partial charge < -0.3 is 42.9 Å². The van der Waals surface area contributed by atoms with Crippen LogP contribution in [0.25, 0.3) is 0 Å². The number of hydrogen-bond donors (Lipinski definition) is 7. The second-order valence-corrected chi connectivity index (χ2v) is 11.9. The zero-order valence-electron chi connectivity index (χ0n) is 23.6. The van der Waals surface area contributed by atoms with Crippen LogP contribution in [0.4, 0.5) is 16.6 Å². The lowest BCUT2D eigenvalue weighted by atomic mass is 10.0. The van der Waals surface area contributed by atoms with E-state index in [1.807, 2.05) is 0 Å². The molecule has 0 aliphatic carbocycles. The smallest absolute Gasteiger partial charge is 0.352 e. The van der Waals surface area contributed by atoms with Crippen LogP contribution in [0.3, 0.4) is 0 Å². The molecule has 0 bridgehead atoms. The number of carbonyl (C=O) groups is 5. The van der Waals surface area contributed by atoms with Gasteiger partial charge in [0.15, 0.2) is 23.2 Å². The molecule has 0 saturated carbocycles. The molecule has 3 amide bonds. The van der Waals surface area contributed by atoms with Gasteiger partial charge >= 0.3 is 11.9 Å². The van der Waals surface area contributed by atoms with Crippen LogP contribution in [0.5, 0.6) is 0 Å². The summed E-state index contributed by atoms with van der Waals surface area (Å²) in [4.78, 5) is 72.3. The Labute approximate surface area is 257 Å². The molecule has 2 aliphatic rings. The molecule has 1 saturated heterocycles. The summed E-state index contributed by atoms with van der Waals surface area (Å²) in [6.45, 7) is 2.60. The molecule has 10 N–H and O–H groups in total. The number of rotatable bonds is 12. The number of amides is 3. The number of nitrogen functional groups attached to an aromatic ring is 2. The Kier molecular flexibility index (Phi) is 9.11. The van der Waals surface area contributed by atoms with Crippen molar-refractivity contribution in [2.45, 2.75) is 43.8 Å². The monoisotopic (exact) mass is 652 g/mol. The van der Waals surface area contributed by atoms with Crippen molar-refractivity contribution in [3.63, 3.8) is 0 Å². The van der Waals surface area contributed by atoms with Crippen LogP contribution in [0.1, 0.15) is 26.1 Å². The fourth-order valence-corrected chi connectivity index (χ4v) is 5.90. The van der Waals surface area contributed by atoms with E-state index >= 15 is 0 Å². The third kappa shape index (κ3) is 6.28. The van der Waals surface area contributed by atoms with Crippen molar-refractivity contribution in [3.05, 3.63) is 23.3 Å². The molecule has 44 heavy (non-hydrogen) atoms. The highest BCUT2D eigenvalue weighted by molar-refractivity contribution is 8.00. The first-order valence-electron chi connectivity index (χ1n) is 12.8. The largest absolute Gasteiger partial charge is 0.478 e. The maximum Gasteiger partial charge on any atom is 0.352 e. The van der Waals surface area contributed by atoms with E-state index in [1.165, 1.54) is 30.3 Å². The molecular weight excluding hydrogens is 622 g/mol. The zero-order chi connectivity index (χ0) is 32.5. The van der Waals surface area contributed by atoms with E-state index in [0.717, 1.165) is 16.4 Å². The van der Waals surface area contributed by atoms with E-state index in [4.69, 9.17) is 22.0 Å². The molecule has 0 aromatic carbocycles. The van der Waals surface area contributed by atoms with Crippen LogP contribution < -0.4 is 32.5 Å². The number of nitrogens with two attached hydrogens (primary N) is 3. The van der Waals surface area contributed by atoms with Gasteiger partial charge in [0.25, 0.3) is 11.8 Å². The van der Waals surface area contributed by atoms with E-state index in [1.54, 1.807) is 17.9 Å². The number of thioether (sulfide) groups is 1. The summed E-state index contributed by atoms with van der Waals surface area (Å²) in [7, 11) is 1.62. The average molecular weight is 653 g/mol. The SMILES string of the molecule is Cn1c(N)c(NC(=O)CCN)c[n+]1CC1=C(C(=O)O)N2C(=O)[C@@H](NC(=O)/C(=N\OC(C)(C)C(=O)O)c3nsc(N)n3)[C@H]2SC1. The number of hydrogen-bond acceptors (Lipinski definition) is 14. The third-order valence-electron chi connectivity index (χ3n) is 6.57. The topological polar surface area (TPSA) is 287 Å². The van der Waals surface area contributed by atoms with Gasteiger partial charge in [-0.25, -0.2) is 9.59 Å². The van der Waals surface area contributed by atoms with Gasteiger partial charge in [0.1, 0.15) is 17.1 Å². The average Bonchev–Trinajstić information content (AvgIpc) is 3.49. The molecule has 4 heterocycles. The van der Waals surface area contributed by atoms with Gasteiger partial charge in [0.05, 0.1) is 7.05 Å². The zero-order valence-corrected chi connectivity index (χ0v) is 25.3. The quantitative estimate of drug-likeness (QED) is 0.0546. The number of aliphatic carboxylic acids is 2. The summed E-state index contributed by atoms with van der Waals surface area (Å²) >= 11 is 1.97. The molecule has 2 atom stereocenters. The van der Waals surface area contributed by atoms with Crippen LogP contribution in [-0.4, -0.2) is 93.8 Å². The van der Waals surface area contributed by atoms with Gasteiger partial charge in [0, 0.05) is 35.8 Å². The summed E-state index contributed by atoms with van der Waals surface area (Å²) in [5.74, 6) is -4.56. The highest BCUT2D eigenvalue weighted by Crippen LogP contribution is 2.40. The molecule has 236 valence electrons. The van der Waals surface area contributed by atoms with E-state index in [2.05, 4.69) is 25.1 Å². The molecule has 2 aliphatic heterocycles. The Bertz CT molecular complexity index is 1600. The first-order chi connectivity index (χ1) is 20.7. The Morgan fingerprint density at radius 2 is 1.98 bits per heavy atom. The van der Waals surface area contributed by atoms with Gasteiger partial charge in [-0.1, -0.05) is 5.16 Å². The van der Waals surface area contributed by atoms with Crippen molar-refractivity contribution >= 4 is 75.3 Å². The molecular formula is C23H30N11O8S2+. The molecule has 2 aromatic rings. The minimum Gasteiger partial charge on any atom is -0.478 e. The molecule has 0 radical (unpaired) electrons. The Morgan fingerprint density at radius 1 is 1.27 bits per heavy atom. The van der Waals surface area contributed by atoms with Crippen molar-refractivity contribution in [1.29, 1.82) is 0 Å². The number of nitrogens with zero attached hydrogens (tertiary/aromatic N) is 6. The molecule has 4 rings (SSSR count). The highest BCUT2D eigenvalue weighted by atomic mass is 32.2. The molecule has 19 nitrogen and oxygen atoms in total. The normalized spacial score (nSPS) is 18.4. The van der Waals surface area contributed by atoms with Crippen molar-refractivity contribution in [1.82, 2.24) is 24.3 Å². The van der Waals surface area contributed by atoms with Crippen molar-refractivity contribution < 1.29 is 43.7 Å². The summed E-state index contributed by atoms with van der Waals surface area (Å²) in [5.41, 5.74) is 15.3. The summed E-state index contributed by atoms with van der Waals surface area (Å²) in [6.07, 6.45) is 1.63. The molecule has 0 unspecified atom stereocenters. The molecule has 2 aromatic heterocycles. The minimum atomic E-state index is -1.81. The third-order valence-corrected chi connectivity index (χ3v) is 8.45. The second-order valence-electron chi connectivity index (χ2n) is 10.1. The lowest BCUT2D eigenvalue weighted by Crippen LogP contribution is -2.71. The Balaban J connectivity index is 1.55. The van der Waals surface area contributed by atoms with Crippen LogP contribution in [0, 0.1) is 0 Å².